The Morgan fingerprint density at radius 2 is 2.20 bits per heavy atom. The maximum Gasteiger partial charge on any atom is 0.115 e. The van der Waals surface area contributed by atoms with Crippen molar-refractivity contribution in [2.75, 3.05) is 6.54 Å². The molecule has 0 bridgehead atoms. The van der Waals surface area contributed by atoms with Crippen molar-refractivity contribution in [2.24, 2.45) is 0 Å². The number of nitrogens with one attached hydrogen (secondary N) is 1. The van der Waals surface area contributed by atoms with E-state index in [4.69, 9.17) is 0 Å². The van der Waals surface area contributed by atoms with Gasteiger partial charge in [-0.25, -0.2) is 0 Å². The van der Waals surface area contributed by atoms with Crippen LogP contribution >= 0.6 is 0 Å². The number of phenols is 1. The summed E-state index contributed by atoms with van der Waals surface area (Å²) in [6, 6.07) is 8.12. The maximum absolute atomic E-state index is 9.29. The van der Waals surface area contributed by atoms with Gasteiger partial charge in [0.05, 0.1) is 0 Å². The van der Waals surface area contributed by atoms with Crippen LogP contribution < -0.4 is 5.32 Å². The molecular formula is C13H21NO. The average molecular weight is 207 g/mol. The van der Waals surface area contributed by atoms with Crippen molar-refractivity contribution in [3.8, 4) is 5.75 Å². The smallest absolute Gasteiger partial charge is 0.115 e. The summed E-state index contributed by atoms with van der Waals surface area (Å²) in [5, 5.41) is 12.7. The first-order valence-corrected chi connectivity index (χ1v) is 5.73. The molecule has 1 aromatic rings. The Bertz CT molecular complexity index is 286. The van der Waals surface area contributed by atoms with Gasteiger partial charge in [0.1, 0.15) is 5.75 Å². The highest BCUT2D eigenvalue weighted by Gasteiger charge is 2.00. The summed E-state index contributed by atoms with van der Waals surface area (Å²) in [7, 11) is 0. The van der Waals surface area contributed by atoms with Crippen molar-refractivity contribution in [3.05, 3.63) is 29.8 Å². The van der Waals surface area contributed by atoms with Gasteiger partial charge < -0.3 is 10.4 Å². The van der Waals surface area contributed by atoms with Crippen LogP contribution in [-0.2, 0) is 6.42 Å². The fourth-order valence-corrected chi connectivity index (χ4v) is 1.77. The van der Waals surface area contributed by atoms with E-state index in [1.165, 1.54) is 12.0 Å². The Hall–Kier alpha value is -1.02. The third-order valence-corrected chi connectivity index (χ3v) is 2.57. The van der Waals surface area contributed by atoms with Crippen LogP contribution in [0, 0.1) is 0 Å². The van der Waals surface area contributed by atoms with E-state index in [1.54, 1.807) is 6.07 Å². The first kappa shape index (κ1) is 12.1. The molecule has 1 rings (SSSR count). The standard InChI is InChI=1S/C13H21NO/c1-3-14-11(2)6-4-7-12-8-5-9-13(15)10-12/h5,8-11,14-15H,3-4,6-7H2,1-2H3. The lowest BCUT2D eigenvalue weighted by Gasteiger charge is -2.11. The fraction of sp³-hybridized carbons (Fsp3) is 0.538. The zero-order valence-electron chi connectivity index (χ0n) is 9.66. The molecule has 2 nitrogen and oxygen atoms in total. The lowest BCUT2D eigenvalue weighted by Crippen LogP contribution is -2.25. The van der Waals surface area contributed by atoms with E-state index in [2.05, 4.69) is 25.2 Å². The van der Waals surface area contributed by atoms with Crippen molar-refractivity contribution in [2.45, 2.75) is 39.2 Å². The number of aromatic hydroxyl groups is 1. The van der Waals surface area contributed by atoms with Crippen LogP contribution in [0.25, 0.3) is 0 Å². The van der Waals surface area contributed by atoms with Gasteiger partial charge in [0, 0.05) is 6.04 Å². The van der Waals surface area contributed by atoms with Gasteiger partial charge in [-0.05, 0) is 50.4 Å². The molecule has 1 aromatic carbocycles. The highest BCUT2D eigenvalue weighted by atomic mass is 16.3. The van der Waals surface area contributed by atoms with Crippen LogP contribution in [0.4, 0.5) is 0 Å². The zero-order valence-corrected chi connectivity index (χ0v) is 9.66. The molecule has 0 aliphatic heterocycles. The quantitative estimate of drug-likeness (QED) is 0.751. The molecule has 0 amide bonds. The van der Waals surface area contributed by atoms with Crippen LogP contribution in [0.2, 0.25) is 0 Å². The van der Waals surface area contributed by atoms with Crippen LogP contribution in [-0.4, -0.2) is 17.7 Å². The minimum Gasteiger partial charge on any atom is -0.508 e. The Morgan fingerprint density at radius 1 is 1.40 bits per heavy atom. The molecule has 0 aliphatic rings. The van der Waals surface area contributed by atoms with Crippen molar-refractivity contribution in [3.63, 3.8) is 0 Å². The molecule has 0 spiro atoms. The summed E-state index contributed by atoms with van der Waals surface area (Å²) in [5.41, 5.74) is 1.22. The Labute approximate surface area is 92.3 Å². The molecule has 2 N–H and O–H groups in total. The van der Waals surface area contributed by atoms with Gasteiger partial charge in [-0.2, -0.15) is 0 Å². The van der Waals surface area contributed by atoms with Gasteiger partial charge >= 0.3 is 0 Å². The lowest BCUT2D eigenvalue weighted by atomic mass is 10.1. The summed E-state index contributed by atoms with van der Waals surface area (Å²) < 4.78 is 0. The zero-order chi connectivity index (χ0) is 11.1. The van der Waals surface area contributed by atoms with Gasteiger partial charge in [-0.1, -0.05) is 19.1 Å². The summed E-state index contributed by atoms with van der Waals surface area (Å²) in [6.45, 7) is 5.38. The Balaban J connectivity index is 2.25. The molecule has 0 saturated carbocycles. The van der Waals surface area contributed by atoms with Crippen LogP contribution in [0.15, 0.2) is 24.3 Å². The monoisotopic (exact) mass is 207 g/mol. The molecule has 15 heavy (non-hydrogen) atoms. The van der Waals surface area contributed by atoms with Gasteiger partial charge in [-0.3, -0.25) is 0 Å². The summed E-state index contributed by atoms with van der Waals surface area (Å²) in [4.78, 5) is 0. The minimum absolute atomic E-state index is 0.368. The largest absolute Gasteiger partial charge is 0.508 e. The molecule has 1 unspecified atom stereocenters. The van der Waals surface area contributed by atoms with Crippen molar-refractivity contribution in [1.29, 1.82) is 0 Å². The minimum atomic E-state index is 0.368. The van der Waals surface area contributed by atoms with Gasteiger partial charge in [-0.15, -0.1) is 0 Å². The van der Waals surface area contributed by atoms with Crippen molar-refractivity contribution >= 4 is 0 Å². The second-order valence-corrected chi connectivity index (χ2v) is 4.02. The number of hydrogen-bond donors (Lipinski definition) is 2. The molecule has 0 aromatic heterocycles. The number of aryl methyl sites for hydroxylation is 1. The molecule has 0 heterocycles. The normalized spacial score (nSPS) is 12.7. The molecule has 2 heteroatoms. The predicted molar refractivity (Wildman–Crippen MR) is 64.2 cm³/mol. The molecule has 0 saturated heterocycles. The van der Waals surface area contributed by atoms with E-state index in [9.17, 15) is 5.11 Å². The molecule has 0 radical (unpaired) electrons. The van der Waals surface area contributed by atoms with Crippen LogP contribution in [0.1, 0.15) is 32.3 Å². The van der Waals surface area contributed by atoms with E-state index in [1.807, 2.05) is 12.1 Å². The summed E-state index contributed by atoms with van der Waals surface area (Å²) in [6.07, 6.45) is 3.39. The fourth-order valence-electron chi connectivity index (χ4n) is 1.77. The van der Waals surface area contributed by atoms with Crippen LogP contribution in [0.5, 0.6) is 5.75 Å². The highest BCUT2D eigenvalue weighted by molar-refractivity contribution is 5.27. The first-order valence-electron chi connectivity index (χ1n) is 5.73. The van der Waals surface area contributed by atoms with Crippen molar-refractivity contribution in [1.82, 2.24) is 5.32 Å². The SMILES string of the molecule is CCNC(C)CCCc1cccc(O)c1. The number of benzene rings is 1. The molecule has 0 fully saturated rings. The second kappa shape index (κ2) is 6.46. The topological polar surface area (TPSA) is 32.3 Å². The Kier molecular flexibility index (Phi) is 5.19. The van der Waals surface area contributed by atoms with E-state index in [0.29, 0.717) is 11.8 Å². The molecule has 84 valence electrons. The predicted octanol–water partition coefficient (Wildman–Crippen LogP) is 2.71. The van der Waals surface area contributed by atoms with Crippen LogP contribution in [0.3, 0.4) is 0 Å². The highest BCUT2D eigenvalue weighted by Crippen LogP contribution is 2.13. The average Bonchev–Trinajstić information content (AvgIpc) is 2.18. The van der Waals surface area contributed by atoms with Gasteiger partial charge in [0.2, 0.25) is 0 Å². The van der Waals surface area contributed by atoms with E-state index in [-0.39, 0.29) is 0 Å². The van der Waals surface area contributed by atoms with E-state index >= 15 is 0 Å². The molecular weight excluding hydrogens is 186 g/mol. The second-order valence-electron chi connectivity index (χ2n) is 4.02. The first-order chi connectivity index (χ1) is 7.22. The van der Waals surface area contributed by atoms with E-state index in [0.717, 1.165) is 19.4 Å². The van der Waals surface area contributed by atoms with E-state index < -0.39 is 0 Å². The Morgan fingerprint density at radius 3 is 2.87 bits per heavy atom. The summed E-state index contributed by atoms with van der Waals surface area (Å²) in [5.74, 6) is 0.368. The molecule has 0 aliphatic carbocycles. The number of phenolic OH excluding ortho intramolecular Hbond substituents is 1. The summed E-state index contributed by atoms with van der Waals surface area (Å²) >= 11 is 0. The van der Waals surface area contributed by atoms with Gasteiger partial charge in [0.25, 0.3) is 0 Å². The number of rotatable bonds is 6. The lowest BCUT2D eigenvalue weighted by molar-refractivity contribution is 0.473. The third kappa shape index (κ3) is 4.84. The van der Waals surface area contributed by atoms with Crippen molar-refractivity contribution < 1.29 is 5.11 Å². The number of hydrogen-bond acceptors (Lipinski definition) is 2. The van der Waals surface area contributed by atoms with Gasteiger partial charge in [0.15, 0.2) is 0 Å². The molecule has 1 atom stereocenters. The third-order valence-electron chi connectivity index (χ3n) is 2.57. The maximum atomic E-state index is 9.29.